The van der Waals surface area contributed by atoms with Crippen LogP contribution in [0.15, 0.2) is 59.1 Å². The molecule has 0 bridgehead atoms. The Labute approximate surface area is 222 Å². The Bertz CT molecular complexity index is 1130. The molecule has 0 nitrogen and oxygen atoms in total. The van der Waals surface area contributed by atoms with Crippen molar-refractivity contribution < 1.29 is 0 Å². The molecule has 1 unspecified atom stereocenters. The first-order chi connectivity index (χ1) is 17.1. The van der Waals surface area contributed by atoms with Crippen LogP contribution in [0.25, 0.3) is 11.1 Å². The van der Waals surface area contributed by atoms with Gasteiger partial charge in [-0.15, -0.1) is 0 Å². The van der Waals surface area contributed by atoms with E-state index in [-0.39, 0.29) is 5.41 Å². The number of benzene rings is 3. The van der Waals surface area contributed by atoms with Gasteiger partial charge in [-0.25, -0.2) is 0 Å². The van der Waals surface area contributed by atoms with Crippen LogP contribution in [0.3, 0.4) is 0 Å². The van der Waals surface area contributed by atoms with E-state index < -0.39 is 0 Å². The Balaban J connectivity index is 1.29. The number of aryl methyl sites for hydroxylation is 3. The average Bonchev–Trinajstić information content (AvgIpc) is 3.09. The van der Waals surface area contributed by atoms with Crippen LogP contribution in [0.1, 0.15) is 98.9 Å². The van der Waals surface area contributed by atoms with E-state index in [1.165, 1.54) is 105 Å². The van der Waals surface area contributed by atoms with Crippen LogP contribution in [-0.2, 0) is 24.7 Å². The summed E-state index contributed by atoms with van der Waals surface area (Å²) in [6.07, 6.45) is 17.0. The highest BCUT2D eigenvalue weighted by Gasteiger charge is 2.42. The predicted octanol–water partition coefficient (Wildman–Crippen LogP) is 8.24. The summed E-state index contributed by atoms with van der Waals surface area (Å²) in [4.78, 5) is 0. The highest BCUT2D eigenvalue weighted by molar-refractivity contribution is 9.10. The molecule has 3 aromatic carbocycles. The molecular formula is C33H40BBr. The zero-order chi connectivity index (χ0) is 24.3. The maximum Gasteiger partial charge on any atom is 0.139 e. The molecule has 3 aromatic rings. The van der Waals surface area contributed by atoms with Crippen molar-refractivity contribution in [2.75, 3.05) is 0 Å². The number of fused-ring (bicyclic) bond motifs is 4. The van der Waals surface area contributed by atoms with Crippen molar-refractivity contribution in [1.29, 1.82) is 0 Å². The van der Waals surface area contributed by atoms with Crippen LogP contribution < -0.4 is 5.46 Å². The molecule has 2 aliphatic rings. The van der Waals surface area contributed by atoms with E-state index in [0.717, 1.165) is 0 Å². The minimum absolute atomic E-state index is 0.177. The molecule has 35 heavy (non-hydrogen) atoms. The summed E-state index contributed by atoms with van der Waals surface area (Å²) in [6, 6.07) is 21.4. The first-order valence-electron chi connectivity index (χ1n) is 14.1. The fourth-order valence-corrected chi connectivity index (χ4v) is 6.97. The molecule has 5 rings (SSSR count). The van der Waals surface area contributed by atoms with E-state index in [1.54, 1.807) is 27.8 Å². The van der Waals surface area contributed by atoms with E-state index in [2.05, 4.69) is 85.3 Å². The minimum atomic E-state index is 0.177. The van der Waals surface area contributed by atoms with Crippen LogP contribution in [0, 0.1) is 0 Å². The smallest absolute Gasteiger partial charge is 0.0886 e. The zero-order valence-electron chi connectivity index (χ0n) is 21.8. The standard InChI is InChI=1S/C33H40BBr/c1-2-3-4-8-19-33(20-9-6-5-7-10-24-11-12-25-13-14-26(25)21-24)31-22-27(34)15-17-29(31)30-18-16-28(35)23-32(30)33/h11-12,15-18,21-23H,2-10,13-14,19-20,34H2,1H3. The largest absolute Gasteiger partial charge is 0.139 e. The summed E-state index contributed by atoms with van der Waals surface area (Å²) in [5.74, 6) is 0. The van der Waals surface area contributed by atoms with Crippen LogP contribution in [0.5, 0.6) is 0 Å². The second kappa shape index (κ2) is 11.1. The molecule has 2 aliphatic carbocycles. The number of unbranched alkanes of at least 4 members (excludes halogenated alkanes) is 6. The van der Waals surface area contributed by atoms with Crippen molar-refractivity contribution in [2.45, 2.75) is 95.8 Å². The number of hydrogen-bond donors (Lipinski definition) is 0. The number of hydrogen-bond acceptors (Lipinski definition) is 0. The third-order valence-electron chi connectivity index (χ3n) is 8.69. The van der Waals surface area contributed by atoms with Gasteiger partial charge in [0.2, 0.25) is 0 Å². The summed E-state index contributed by atoms with van der Waals surface area (Å²) in [7, 11) is 2.26. The lowest BCUT2D eigenvalue weighted by Gasteiger charge is -2.33. The van der Waals surface area contributed by atoms with Gasteiger partial charge < -0.3 is 0 Å². The topological polar surface area (TPSA) is 0 Å². The molecule has 0 aromatic heterocycles. The molecule has 0 saturated carbocycles. The summed E-state index contributed by atoms with van der Waals surface area (Å²) >= 11 is 3.81. The predicted molar refractivity (Wildman–Crippen MR) is 158 cm³/mol. The molecule has 0 amide bonds. The molecule has 1 atom stereocenters. The lowest BCUT2D eigenvalue weighted by Crippen LogP contribution is -2.26. The molecule has 2 heteroatoms. The summed E-state index contributed by atoms with van der Waals surface area (Å²) in [5.41, 5.74) is 12.4. The molecular weight excluding hydrogens is 487 g/mol. The average molecular weight is 527 g/mol. The summed E-state index contributed by atoms with van der Waals surface area (Å²) < 4.78 is 1.22. The number of rotatable bonds is 12. The van der Waals surface area contributed by atoms with Crippen molar-refractivity contribution in [1.82, 2.24) is 0 Å². The Morgan fingerprint density at radius 3 is 2.11 bits per heavy atom. The molecule has 0 radical (unpaired) electrons. The Hall–Kier alpha value is -1.80. The Kier molecular flexibility index (Phi) is 7.87. The molecule has 182 valence electrons. The molecule has 0 heterocycles. The summed E-state index contributed by atoms with van der Waals surface area (Å²) in [5, 5.41) is 0. The van der Waals surface area contributed by atoms with E-state index in [0.29, 0.717) is 0 Å². The van der Waals surface area contributed by atoms with Crippen molar-refractivity contribution in [3.05, 3.63) is 86.9 Å². The minimum Gasteiger partial charge on any atom is -0.0886 e. The van der Waals surface area contributed by atoms with Gasteiger partial charge in [0.15, 0.2) is 0 Å². The normalized spacial score (nSPS) is 17.5. The van der Waals surface area contributed by atoms with Crippen LogP contribution >= 0.6 is 15.9 Å². The van der Waals surface area contributed by atoms with Gasteiger partial charge in [-0.05, 0) is 89.6 Å². The van der Waals surface area contributed by atoms with E-state index >= 15 is 0 Å². The third-order valence-corrected chi connectivity index (χ3v) is 9.18. The van der Waals surface area contributed by atoms with E-state index in [9.17, 15) is 0 Å². The molecule has 0 aliphatic heterocycles. The molecule has 0 fully saturated rings. The maximum absolute atomic E-state index is 3.81. The highest BCUT2D eigenvalue weighted by atomic mass is 79.9. The fourth-order valence-electron chi connectivity index (χ4n) is 6.61. The quantitative estimate of drug-likeness (QED) is 0.164. The molecule has 0 spiro atoms. The molecule has 0 saturated heterocycles. The first kappa shape index (κ1) is 24.9. The van der Waals surface area contributed by atoms with Crippen molar-refractivity contribution in [3.63, 3.8) is 0 Å². The number of halogens is 1. The Morgan fingerprint density at radius 2 is 1.40 bits per heavy atom. The van der Waals surface area contributed by atoms with Gasteiger partial charge in [0.1, 0.15) is 7.85 Å². The third kappa shape index (κ3) is 5.20. The van der Waals surface area contributed by atoms with Gasteiger partial charge in [0.05, 0.1) is 0 Å². The van der Waals surface area contributed by atoms with Crippen LogP contribution in [0.4, 0.5) is 0 Å². The maximum atomic E-state index is 3.81. The van der Waals surface area contributed by atoms with E-state index in [1.807, 2.05) is 0 Å². The van der Waals surface area contributed by atoms with Crippen molar-refractivity contribution in [3.8, 4) is 11.1 Å². The van der Waals surface area contributed by atoms with Gasteiger partial charge in [0, 0.05) is 9.89 Å². The van der Waals surface area contributed by atoms with Crippen LogP contribution in [0.2, 0.25) is 0 Å². The lowest BCUT2D eigenvalue weighted by molar-refractivity contribution is 0.400. The monoisotopic (exact) mass is 526 g/mol. The van der Waals surface area contributed by atoms with E-state index in [4.69, 9.17) is 0 Å². The van der Waals surface area contributed by atoms with Crippen molar-refractivity contribution in [2.24, 2.45) is 0 Å². The Morgan fingerprint density at radius 1 is 0.714 bits per heavy atom. The lowest BCUT2D eigenvalue weighted by atomic mass is 9.70. The SMILES string of the molecule is Bc1ccc2c(c1)C(CCCCCC)(CCCCCCc1ccc3c(c1)CC3)c1cc(Br)ccc1-2. The second-order valence-electron chi connectivity index (χ2n) is 11.1. The van der Waals surface area contributed by atoms with Gasteiger partial charge >= 0.3 is 0 Å². The van der Waals surface area contributed by atoms with Crippen LogP contribution in [-0.4, -0.2) is 7.85 Å². The molecule has 0 N–H and O–H groups in total. The van der Waals surface area contributed by atoms with Gasteiger partial charge in [-0.1, -0.05) is 116 Å². The highest BCUT2D eigenvalue weighted by Crippen LogP contribution is 2.54. The summed E-state index contributed by atoms with van der Waals surface area (Å²) in [6.45, 7) is 2.32. The van der Waals surface area contributed by atoms with Gasteiger partial charge in [-0.2, -0.15) is 0 Å². The van der Waals surface area contributed by atoms with Crippen molar-refractivity contribution >= 4 is 29.2 Å². The zero-order valence-corrected chi connectivity index (χ0v) is 23.4. The first-order valence-corrected chi connectivity index (χ1v) is 14.9. The van der Waals surface area contributed by atoms with Gasteiger partial charge in [0.25, 0.3) is 0 Å². The second-order valence-corrected chi connectivity index (χ2v) is 12.1. The van der Waals surface area contributed by atoms with Gasteiger partial charge in [-0.3, -0.25) is 0 Å². The fraction of sp³-hybridized carbons (Fsp3) is 0.455.